The standard InChI is InChI=1S/C24H26N2/c1-15-11-23(12-16(2)19(15)5)25-21-7-9-22(10-8-21)26-24-13-17(3)20(6)18(4)14-24/h7-14H,1-6H3. The molecular formula is C24H26N2. The molecule has 2 aromatic rings. The summed E-state index contributed by atoms with van der Waals surface area (Å²) in [6.07, 6.45) is 8.10. The number of allylic oxidation sites excluding steroid dienone is 4. The van der Waals surface area contributed by atoms with Crippen LogP contribution in [0.25, 0.3) is 0 Å². The fourth-order valence-corrected chi connectivity index (χ4v) is 3.05. The van der Waals surface area contributed by atoms with Gasteiger partial charge < -0.3 is 0 Å². The maximum absolute atomic E-state index is 4.75. The lowest BCUT2D eigenvalue weighted by Gasteiger charge is -2.08. The van der Waals surface area contributed by atoms with Crippen LogP contribution in [0.2, 0.25) is 0 Å². The first-order valence-corrected chi connectivity index (χ1v) is 9.03. The molecule has 2 heteroatoms. The van der Waals surface area contributed by atoms with Crippen LogP contribution in [0, 0.1) is 41.5 Å². The molecule has 0 saturated heterocycles. The average molecular weight is 342 g/mol. The Morgan fingerprint density at radius 1 is 0.462 bits per heavy atom. The van der Waals surface area contributed by atoms with E-state index < -0.39 is 0 Å². The van der Waals surface area contributed by atoms with E-state index in [-0.39, 0.29) is 0 Å². The first-order valence-electron chi connectivity index (χ1n) is 9.03. The first-order chi connectivity index (χ1) is 12.3. The molecule has 0 aromatic heterocycles. The third-order valence-electron chi connectivity index (χ3n) is 5.19. The van der Waals surface area contributed by atoms with Crippen LogP contribution in [0.4, 0.5) is 11.4 Å². The van der Waals surface area contributed by atoms with Crippen molar-refractivity contribution in [2.45, 2.75) is 41.5 Å². The summed E-state index contributed by atoms with van der Waals surface area (Å²) in [5, 5.41) is 0. The maximum atomic E-state index is 4.75. The summed E-state index contributed by atoms with van der Waals surface area (Å²) < 4.78 is 0. The van der Waals surface area contributed by atoms with Crippen molar-refractivity contribution < 1.29 is 0 Å². The maximum Gasteiger partial charge on any atom is 0.0642 e. The molecular weight excluding hydrogens is 316 g/mol. The largest absolute Gasteiger partial charge is 0.249 e. The molecule has 0 spiro atoms. The lowest BCUT2D eigenvalue weighted by molar-refractivity contribution is 1.26. The number of hydrogen-bond acceptors (Lipinski definition) is 2. The van der Waals surface area contributed by atoms with Crippen molar-refractivity contribution in [3.63, 3.8) is 0 Å². The summed E-state index contributed by atoms with van der Waals surface area (Å²) in [4.78, 5) is 9.50. The predicted octanol–water partition coefficient (Wildman–Crippen LogP) is 6.51. The number of aliphatic imine (C=N–C) groups is 2. The summed E-state index contributed by atoms with van der Waals surface area (Å²) >= 11 is 0. The van der Waals surface area contributed by atoms with E-state index in [1.165, 1.54) is 33.4 Å². The Kier molecular flexibility index (Phi) is 5.03. The number of benzene rings is 2. The minimum Gasteiger partial charge on any atom is -0.249 e. The molecule has 26 heavy (non-hydrogen) atoms. The van der Waals surface area contributed by atoms with Gasteiger partial charge in [0, 0.05) is 0 Å². The minimum absolute atomic E-state index is 0.947. The summed E-state index contributed by atoms with van der Waals surface area (Å²) in [6, 6.07) is 8.55. The van der Waals surface area contributed by atoms with E-state index in [2.05, 4.69) is 65.8 Å². The van der Waals surface area contributed by atoms with Gasteiger partial charge in [0.05, 0.1) is 22.8 Å². The van der Waals surface area contributed by atoms with Gasteiger partial charge in [-0.2, -0.15) is 0 Å². The van der Waals surface area contributed by atoms with Crippen molar-refractivity contribution in [2.75, 3.05) is 0 Å². The van der Waals surface area contributed by atoms with E-state index in [1.807, 2.05) is 24.3 Å². The Hall–Kier alpha value is -2.74. The molecule has 0 radical (unpaired) electrons. The monoisotopic (exact) mass is 342 g/mol. The molecule has 2 nitrogen and oxygen atoms in total. The van der Waals surface area contributed by atoms with E-state index in [4.69, 9.17) is 9.98 Å². The first kappa shape index (κ1) is 18.1. The van der Waals surface area contributed by atoms with Crippen LogP contribution in [0.1, 0.15) is 33.4 Å². The van der Waals surface area contributed by atoms with Crippen LogP contribution in [0.15, 0.2) is 58.6 Å². The lowest BCUT2D eigenvalue weighted by Crippen LogP contribution is -1.99. The molecule has 0 fully saturated rings. The van der Waals surface area contributed by atoms with Crippen molar-refractivity contribution in [1.82, 2.24) is 0 Å². The van der Waals surface area contributed by atoms with Crippen LogP contribution in [0.5, 0.6) is 0 Å². The molecule has 0 heterocycles. The molecule has 1 aliphatic carbocycles. The van der Waals surface area contributed by atoms with E-state index in [0.717, 1.165) is 22.8 Å². The fourth-order valence-electron chi connectivity index (χ4n) is 3.05. The number of rotatable bonds is 2. The molecule has 0 amide bonds. The van der Waals surface area contributed by atoms with Gasteiger partial charge in [-0.1, -0.05) is 0 Å². The van der Waals surface area contributed by atoms with Crippen LogP contribution in [-0.2, 0) is 0 Å². The van der Waals surface area contributed by atoms with Gasteiger partial charge in [-0.05, 0) is 123 Å². The van der Waals surface area contributed by atoms with E-state index in [0.29, 0.717) is 0 Å². The summed E-state index contributed by atoms with van der Waals surface area (Å²) in [7, 11) is 0. The Morgan fingerprint density at radius 2 is 0.731 bits per heavy atom. The van der Waals surface area contributed by atoms with Gasteiger partial charge in [0.15, 0.2) is 0 Å². The van der Waals surface area contributed by atoms with E-state index >= 15 is 0 Å². The van der Waals surface area contributed by atoms with Gasteiger partial charge in [-0.15, -0.1) is 0 Å². The van der Waals surface area contributed by atoms with Crippen LogP contribution in [0.3, 0.4) is 0 Å². The minimum atomic E-state index is 0.947. The van der Waals surface area contributed by atoms with Crippen LogP contribution >= 0.6 is 0 Å². The second-order valence-corrected chi connectivity index (χ2v) is 7.15. The highest BCUT2D eigenvalue weighted by Gasteiger charge is 2.04. The number of nitrogens with zero attached hydrogens (tertiary/aromatic N) is 2. The smallest absolute Gasteiger partial charge is 0.0642 e. The SMILES string of the molecule is Cc1cc(N=C2C=CC(=Nc3cc(C)c(C)c(C)c3)C=C2)cc(C)c1C. The van der Waals surface area contributed by atoms with Gasteiger partial charge in [0.25, 0.3) is 0 Å². The van der Waals surface area contributed by atoms with Gasteiger partial charge in [-0.25, -0.2) is 9.98 Å². The van der Waals surface area contributed by atoms with E-state index in [1.54, 1.807) is 0 Å². The summed E-state index contributed by atoms with van der Waals surface area (Å²) in [5.74, 6) is 0. The molecule has 0 atom stereocenters. The van der Waals surface area contributed by atoms with Gasteiger partial charge in [0.2, 0.25) is 0 Å². The van der Waals surface area contributed by atoms with Crippen LogP contribution in [-0.4, -0.2) is 11.4 Å². The molecule has 3 rings (SSSR count). The van der Waals surface area contributed by atoms with Crippen molar-refractivity contribution in [3.05, 3.63) is 82.0 Å². The molecule has 1 aliphatic rings. The fraction of sp³-hybridized carbons (Fsp3) is 0.250. The Labute approximate surface area is 156 Å². The molecule has 0 saturated carbocycles. The summed E-state index contributed by atoms with van der Waals surface area (Å²) in [6.45, 7) is 12.8. The molecule has 0 bridgehead atoms. The number of aryl methyl sites for hydroxylation is 4. The Balaban J connectivity index is 1.84. The zero-order valence-corrected chi connectivity index (χ0v) is 16.5. The normalized spacial score (nSPS) is 13.3. The van der Waals surface area contributed by atoms with Crippen LogP contribution < -0.4 is 0 Å². The predicted molar refractivity (Wildman–Crippen MR) is 114 cm³/mol. The molecule has 0 aliphatic heterocycles. The van der Waals surface area contributed by atoms with Crippen molar-refractivity contribution in [3.8, 4) is 0 Å². The Morgan fingerprint density at radius 3 is 1.00 bits per heavy atom. The zero-order valence-electron chi connectivity index (χ0n) is 16.5. The third kappa shape index (κ3) is 3.91. The lowest BCUT2D eigenvalue weighted by atomic mass is 10.0. The molecule has 0 N–H and O–H groups in total. The highest BCUT2D eigenvalue weighted by Crippen LogP contribution is 2.24. The van der Waals surface area contributed by atoms with Crippen molar-refractivity contribution in [1.29, 1.82) is 0 Å². The topological polar surface area (TPSA) is 24.7 Å². The number of hydrogen-bond donors (Lipinski definition) is 0. The quantitative estimate of drug-likeness (QED) is 0.556. The third-order valence-corrected chi connectivity index (χ3v) is 5.19. The zero-order chi connectivity index (χ0) is 18.8. The highest BCUT2D eigenvalue weighted by atomic mass is 14.8. The van der Waals surface area contributed by atoms with Crippen molar-refractivity contribution >= 4 is 22.8 Å². The second kappa shape index (κ2) is 7.25. The summed E-state index contributed by atoms with van der Waals surface area (Å²) in [5.41, 5.74) is 11.7. The van der Waals surface area contributed by atoms with E-state index in [9.17, 15) is 0 Å². The average Bonchev–Trinajstić information content (AvgIpc) is 2.59. The van der Waals surface area contributed by atoms with Crippen molar-refractivity contribution in [2.24, 2.45) is 9.98 Å². The molecule has 0 unspecified atom stereocenters. The second-order valence-electron chi connectivity index (χ2n) is 7.15. The van der Waals surface area contributed by atoms with Gasteiger partial charge >= 0.3 is 0 Å². The highest BCUT2D eigenvalue weighted by molar-refractivity contribution is 6.19. The van der Waals surface area contributed by atoms with Gasteiger partial charge in [-0.3, -0.25) is 0 Å². The molecule has 2 aromatic carbocycles. The van der Waals surface area contributed by atoms with Gasteiger partial charge in [0.1, 0.15) is 0 Å². The Bertz CT molecular complexity index is 842. The molecule has 132 valence electrons.